The van der Waals surface area contributed by atoms with Crippen molar-refractivity contribution in [2.75, 3.05) is 4.72 Å². The number of nitrogens with zero attached hydrogens (tertiary/aromatic N) is 1. The van der Waals surface area contributed by atoms with Crippen molar-refractivity contribution in [3.8, 4) is 0 Å². The van der Waals surface area contributed by atoms with E-state index in [0.29, 0.717) is 5.69 Å². The number of anilines is 1. The van der Waals surface area contributed by atoms with E-state index in [9.17, 15) is 12.8 Å². The second-order valence-electron chi connectivity index (χ2n) is 3.82. The van der Waals surface area contributed by atoms with E-state index in [0.717, 1.165) is 16.6 Å². The van der Waals surface area contributed by atoms with Gasteiger partial charge in [-0.05, 0) is 59.3 Å². The van der Waals surface area contributed by atoms with Gasteiger partial charge in [0.05, 0.1) is 10.6 Å². The molecule has 0 radical (unpaired) electrons. The number of benzene rings is 1. The van der Waals surface area contributed by atoms with Crippen LogP contribution in [0.1, 0.15) is 5.69 Å². The van der Waals surface area contributed by atoms with E-state index in [4.69, 9.17) is 0 Å². The Morgan fingerprint density at radius 3 is 2.37 bits per heavy atom. The lowest BCUT2D eigenvalue weighted by Crippen LogP contribution is -2.14. The van der Waals surface area contributed by atoms with Crippen LogP contribution in [0.25, 0.3) is 0 Å². The molecule has 0 aliphatic carbocycles. The first-order valence-electron chi connectivity index (χ1n) is 5.30. The van der Waals surface area contributed by atoms with Gasteiger partial charge in [-0.1, -0.05) is 0 Å². The van der Waals surface area contributed by atoms with Crippen LogP contribution in [-0.2, 0) is 10.0 Å². The second-order valence-corrected chi connectivity index (χ2v) is 6.36. The van der Waals surface area contributed by atoms with Crippen LogP contribution in [0.2, 0.25) is 0 Å². The molecular weight excluding hydrogens is 335 g/mol. The summed E-state index contributed by atoms with van der Waals surface area (Å²) in [4.78, 5) is 4.07. The van der Waals surface area contributed by atoms with E-state index in [1.807, 2.05) is 0 Å². The van der Waals surface area contributed by atoms with Crippen LogP contribution in [0, 0.1) is 12.7 Å². The summed E-state index contributed by atoms with van der Waals surface area (Å²) in [6.07, 6.45) is 0. The minimum atomic E-state index is -3.75. The molecule has 4 nitrogen and oxygen atoms in total. The molecule has 0 bridgehead atoms. The fourth-order valence-corrected chi connectivity index (χ4v) is 2.63. The van der Waals surface area contributed by atoms with Gasteiger partial charge in [-0.3, -0.25) is 4.72 Å². The molecule has 0 unspecified atom stereocenters. The number of hydrogen-bond acceptors (Lipinski definition) is 3. The van der Waals surface area contributed by atoms with Crippen LogP contribution in [0.15, 0.2) is 45.8 Å². The Balaban J connectivity index is 2.30. The molecule has 0 aliphatic rings. The Hall–Kier alpha value is -1.47. The van der Waals surface area contributed by atoms with Crippen LogP contribution < -0.4 is 4.72 Å². The summed E-state index contributed by atoms with van der Waals surface area (Å²) in [5.74, 6) is -0.276. The normalized spacial score (nSPS) is 11.3. The monoisotopic (exact) mass is 344 g/mol. The number of rotatable bonds is 3. The molecule has 0 spiro atoms. The van der Waals surface area contributed by atoms with Gasteiger partial charge in [0, 0.05) is 4.47 Å². The van der Waals surface area contributed by atoms with Crippen LogP contribution in [-0.4, -0.2) is 13.4 Å². The third-order valence-electron chi connectivity index (χ3n) is 2.38. The maximum absolute atomic E-state index is 12.8. The zero-order valence-corrected chi connectivity index (χ0v) is 12.3. The van der Waals surface area contributed by atoms with Crippen LogP contribution in [0.3, 0.4) is 0 Å². The highest BCUT2D eigenvalue weighted by Gasteiger charge is 2.15. The van der Waals surface area contributed by atoms with E-state index in [2.05, 4.69) is 25.6 Å². The molecule has 1 aromatic heterocycles. The maximum atomic E-state index is 12.8. The van der Waals surface area contributed by atoms with Crippen molar-refractivity contribution in [3.05, 3.63) is 52.4 Å². The van der Waals surface area contributed by atoms with E-state index < -0.39 is 15.8 Å². The quantitative estimate of drug-likeness (QED) is 0.930. The van der Waals surface area contributed by atoms with Crippen molar-refractivity contribution in [2.24, 2.45) is 0 Å². The fraction of sp³-hybridized carbons (Fsp3) is 0.0833. The third-order valence-corrected chi connectivity index (χ3v) is 4.59. The number of pyridine rings is 1. The SMILES string of the molecule is Cc1nc(NS(=O)(=O)c2ccc(F)cc2)ccc1Br. The Morgan fingerprint density at radius 2 is 1.79 bits per heavy atom. The van der Waals surface area contributed by atoms with Crippen molar-refractivity contribution >= 4 is 31.8 Å². The topological polar surface area (TPSA) is 59.1 Å². The number of hydrogen-bond donors (Lipinski definition) is 1. The largest absolute Gasteiger partial charge is 0.263 e. The van der Waals surface area contributed by atoms with Gasteiger partial charge in [-0.2, -0.15) is 0 Å². The summed E-state index contributed by atoms with van der Waals surface area (Å²) < 4.78 is 39.9. The van der Waals surface area contributed by atoms with E-state index in [-0.39, 0.29) is 10.7 Å². The summed E-state index contributed by atoms with van der Waals surface area (Å²) >= 11 is 3.28. The van der Waals surface area contributed by atoms with Gasteiger partial charge in [0.1, 0.15) is 11.6 Å². The summed E-state index contributed by atoms with van der Waals surface area (Å²) in [7, 11) is -3.75. The third kappa shape index (κ3) is 3.30. The molecule has 100 valence electrons. The molecular formula is C12H10BrFN2O2S. The average molecular weight is 345 g/mol. The number of nitrogens with one attached hydrogen (secondary N) is 1. The zero-order chi connectivity index (χ0) is 14.0. The molecule has 2 aromatic rings. The molecule has 1 heterocycles. The van der Waals surface area contributed by atoms with E-state index >= 15 is 0 Å². The number of aromatic nitrogens is 1. The van der Waals surface area contributed by atoms with Crippen molar-refractivity contribution in [1.82, 2.24) is 4.98 Å². The molecule has 1 aromatic carbocycles. The first-order valence-corrected chi connectivity index (χ1v) is 7.57. The predicted molar refractivity (Wildman–Crippen MR) is 73.9 cm³/mol. The lowest BCUT2D eigenvalue weighted by Gasteiger charge is -2.08. The molecule has 0 amide bonds. The Labute approximate surface area is 118 Å². The molecule has 0 atom stereocenters. The summed E-state index contributed by atoms with van der Waals surface area (Å²) in [6.45, 7) is 1.75. The highest BCUT2D eigenvalue weighted by Crippen LogP contribution is 2.19. The summed E-state index contributed by atoms with van der Waals surface area (Å²) in [5.41, 5.74) is 0.666. The molecule has 0 fully saturated rings. The van der Waals surface area contributed by atoms with Crippen molar-refractivity contribution in [1.29, 1.82) is 0 Å². The molecule has 0 aliphatic heterocycles. The lowest BCUT2D eigenvalue weighted by atomic mass is 10.4. The Morgan fingerprint density at radius 1 is 1.16 bits per heavy atom. The van der Waals surface area contributed by atoms with Gasteiger partial charge >= 0.3 is 0 Å². The Kier molecular flexibility index (Phi) is 3.86. The van der Waals surface area contributed by atoms with Gasteiger partial charge in [-0.25, -0.2) is 17.8 Å². The van der Waals surface area contributed by atoms with Gasteiger partial charge in [0.25, 0.3) is 10.0 Å². The molecule has 7 heteroatoms. The van der Waals surface area contributed by atoms with E-state index in [1.165, 1.54) is 18.2 Å². The van der Waals surface area contributed by atoms with Gasteiger partial charge in [-0.15, -0.1) is 0 Å². The van der Waals surface area contributed by atoms with Crippen molar-refractivity contribution < 1.29 is 12.8 Å². The van der Waals surface area contributed by atoms with Gasteiger partial charge in [0.15, 0.2) is 0 Å². The van der Waals surface area contributed by atoms with E-state index in [1.54, 1.807) is 13.0 Å². The smallest absolute Gasteiger partial charge is 0.263 e. The lowest BCUT2D eigenvalue weighted by molar-refractivity contribution is 0.599. The highest BCUT2D eigenvalue weighted by atomic mass is 79.9. The number of sulfonamides is 1. The number of halogens is 2. The Bertz CT molecular complexity index is 702. The zero-order valence-electron chi connectivity index (χ0n) is 9.89. The molecule has 19 heavy (non-hydrogen) atoms. The predicted octanol–water partition coefficient (Wildman–Crippen LogP) is 3.09. The van der Waals surface area contributed by atoms with Crippen molar-refractivity contribution in [2.45, 2.75) is 11.8 Å². The fourth-order valence-electron chi connectivity index (χ4n) is 1.41. The summed E-state index contributed by atoms with van der Waals surface area (Å²) in [5, 5.41) is 0. The molecule has 1 N–H and O–H groups in total. The standard InChI is InChI=1S/C12H10BrFN2O2S/c1-8-11(13)6-7-12(15-8)16-19(17,18)10-4-2-9(14)3-5-10/h2-7H,1H3,(H,15,16). The maximum Gasteiger partial charge on any atom is 0.263 e. The van der Waals surface area contributed by atoms with Crippen LogP contribution in [0.4, 0.5) is 10.2 Å². The summed E-state index contributed by atoms with van der Waals surface area (Å²) in [6, 6.07) is 7.82. The van der Waals surface area contributed by atoms with Gasteiger partial charge in [0.2, 0.25) is 0 Å². The first kappa shape index (κ1) is 14.0. The minimum absolute atomic E-state index is 0.0173. The van der Waals surface area contributed by atoms with Crippen molar-refractivity contribution in [3.63, 3.8) is 0 Å². The minimum Gasteiger partial charge on any atom is -0.263 e. The molecule has 0 saturated heterocycles. The molecule has 0 saturated carbocycles. The van der Waals surface area contributed by atoms with Crippen LogP contribution in [0.5, 0.6) is 0 Å². The van der Waals surface area contributed by atoms with Gasteiger partial charge < -0.3 is 0 Å². The average Bonchev–Trinajstić information content (AvgIpc) is 2.34. The van der Waals surface area contributed by atoms with Crippen LogP contribution >= 0.6 is 15.9 Å². The second kappa shape index (κ2) is 5.26. The first-order chi connectivity index (χ1) is 8.88. The molecule has 2 rings (SSSR count). The highest BCUT2D eigenvalue weighted by molar-refractivity contribution is 9.10. The number of aryl methyl sites for hydroxylation is 1.